The Hall–Kier alpha value is -1.60. The Bertz CT molecular complexity index is 710. The second kappa shape index (κ2) is 7.74. The van der Waals surface area contributed by atoms with Gasteiger partial charge in [0.05, 0.1) is 6.10 Å². The van der Waals surface area contributed by atoms with Crippen molar-refractivity contribution in [3.05, 3.63) is 52.3 Å². The van der Waals surface area contributed by atoms with Crippen molar-refractivity contribution in [1.82, 2.24) is 20.4 Å². The van der Waals surface area contributed by atoms with Gasteiger partial charge in [-0.15, -0.1) is 0 Å². The standard InChI is InChI=1S/C17H20Cl2N4O2/c18-12-3-1-4-13(19)15(12)14(24)11-21-16(25)17(5-8-20-9-6-17)23-10-2-7-22-23/h1-4,7,10,14,20,24H,5-6,8-9,11H2,(H,21,25). The zero-order valence-electron chi connectivity index (χ0n) is 13.6. The molecule has 8 heteroatoms. The van der Waals surface area contributed by atoms with Crippen LogP contribution in [0.2, 0.25) is 10.0 Å². The van der Waals surface area contributed by atoms with Crippen LogP contribution in [-0.2, 0) is 10.3 Å². The lowest BCUT2D eigenvalue weighted by atomic mass is 9.87. The van der Waals surface area contributed by atoms with Gasteiger partial charge >= 0.3 is 0 Å². The molecule has 2 heterocycles. The third-order valence-corrected chi connectivity index (χ3v) is 5.24. The van der Waals surface area contributed by atoms with E-state index in [0.717, 1.165) is 13.1 Å². The average molecular weight is 383 g/mol. The average Bonchev–Trinajstić information content (AvgIpc) is 3.15. The van der Waals surface area contributed by atoms with Gasteiger partial charge in [-0.1, -0.05) is 29.3 Å². The number of rotatable bonds is 5. The summed E-state index contributed by atoms with van der Waals surface area (Å²) in [6, 6.07) is 6.83. The number of hydrogen-bond donors (Lipinski definition) is 3. The van der Waals surface area contributed by atoms with Crippen molar-refractivity contribution >= 4 is 29.1 Å². The van der Waals surface area contributed by atoms with Crippen LogP contribution in [0.1, 0.15) is 24.5 Å². The third kappa shape index (κ3) is 3.67. The minimum atomic E-state index is -0.985. The van der Waals surface area contributed by atoms with Crippen molar-refractivity contribution in [2.24, 2.45) is 0 Å². The minimum Gasteiger partial charge on any atom is -0.386 e. The first-order chi connectivity index (χ1) is 12.0. The zero-order valence-corrected chi connectivity index (χ0v) is 15.1. The number of amides is 1. The van der Waals surface area contributed by atoms with Crippen LogP contribution >= 0.6 is 23.2 Å². The SMILES string of the molecule is O=C(NCC(O)c1c(Cl)cccc1Cl)C1(n2cccn2)CCNCC1. The number of halogens is 2. The zero-order chi connectivity index (χ0) is 17.9. The smallest absolute Gasteiger partial charge is 0.248 e. The number of piperidine rings is 1. The number of aliphatic hydroxyl groups excluding tert-OH is 1. The number of nitrogens with zero attached hydrogens (tertiary/aromatic N) is 2. The highest BCUT2D eigenvalue weighted by Crippen LogP contribution is 2.31. The fourth-order valence-corrected chi connectivity index (χ4v) is 3.86. The molecular formula is C17H20Cl2N4O2. The molecule has 0 aliphatic carbocycles. The first kappa shape index (κ1) is 18.2. The van der Waals surface area contributed by atoms with Gasteiger partial charge in [0.1, 0.15) is 5.54 Å². The number of benzene rings is 1. The van der Waals surface area contributed by atoms with Crippen LogP contribution in [0, 0.1) is 0 Å². The maximum atomic E-state index is 12.9. The molecular weight excluding hydrogens is 363 g/mol. The number of aromatic nitrogens is 2. The van der Waals surface area contributed by atoms with Gasteiger partial charge < -0.3 is 15.7 Å². The Morgan fingerprint density at radius 3 is 2.60 bits per heavy atom. The van der Waals surface area contributed by atoms with E-state index in [-0.39, 0.29) is 12.5 Å². The predicted molar refractivity (Wildman–Crippen MR) is 96.7 cm³/mol. The van der Waals surface area contributed by atoms with Crippen molar-refractivity contribution in [3.8, 4) is 0 Å². The number of carbonyl (C=O) groups is 1. The van der Waals surface area contributed by atoms with Crippen LogP contribution < -0.4 is 10.6 Å². The van der Waals surface area contributed by atoms with Gasteiger partial charge in [-0.05, 0) is 44.1 Å². The summed E-state index contributed by atoms with van der Waals surface area (Å²) in [6.07, 6.45) is 3.73. The van der Waals surface area contributed by atoms with Gasteiger partial charge in [0.25, 0.3) is 0 Å². The number of carbonyl (C=O) groups excluding carboxylic acids is 1. The van der Waals surface area contributed by atoms with Crippen LogP contribution in [0.15, 0.2) is 36.7 Å². The summed E-state index contributed by atoms with van der Waals surface area (Å²) in [5, 5.41) is 21.5. The molecule has 0 radical (unpaired) electrons. The summed E-state index contributed by atoms with van der Waals surface area (Å²) >= 11 is 12.2. The number of aliphatic hydroxyl groups is 1. The highest BCUT2D eigenvalue weighted by molar-refractivity contribution is 6.36. The molecule has 1 aliphatic rings. The lowest BCUT2D eigenvalue weighted by molar-refractivity contribution is -0.132. The Morgan fingerprint density at radius 2 is 2.00 bits per heavy atom. The summed E-state index contributed by atoms with van der Waals surface area (Å²) < 4.78 is 1.71. The summed E-state index contributed by atoms with van der Waals surface area (Å²) in [7, 11) is 0. The Morgan fingerprint density at radius 1 is 1.32 bits per heavy atom. The highest BCUT2D eigenvalue weighted by Gasteiger charge is 2.42. The van der Waals surface area contributed by atoms with Crippen molar-refractivity contribution < 1.29 is 9.90 Å². The Labute approximate surface area is 156 Å². The van der Waals surface area contributed by atoms with E-state index in [9.17, 15) is 9.90 Å². The van der Waals surface area contributed by atoms with Crippen LogP contribution in [0.25, 0.3) is 0 Å². The third-order valence-electron chi connectivity index (χ3n) is 4.59. The molecule has 6 nitrogen and oxygen atoms in total. The molecule has 2 aromatic rings. The Balaban J connectivity index is 1.74. The molecule has 3 rings (SSSR count). The summed E-state index contributed by atoms with van der Waals surface area (Å²) in [5.41, 5.74) is -0.330. The molecule has 3 N–H and O–H groups in total. The second-order valence-electron chi connectivity index (χ2n) is 6.09. The fourth-order valence-electron chi connectivity index (χ4n) is 3.21. The molecule has 134 valence electrons. The van der Waals surface area contributed by atoms with E-state index in [1.807, 2.05) is 0 Å². The topological polar surface area (TPSA) is 79.2 Å². The molecule has 1 atom stereocenters. The first-order valence-corrected chi connectivity index (χ1v) is 8.91. The molecule has 1 saturated heterocycles. The van der Waals surface area contributed by atoms with E-state index in [1.54, 1.807) is 41.3 Å². The molecule has 1 aromatic carbocycles. The molecule has 0 spiro atoms. The van der Waals surface area contributed by atoms with Crippen LogP contribution in [0.5, 0.6) is 0 Å². The van der Waals surface area contributed by atoms with Crippen molar-refractivity contribution in [2.45, 2.75) is 24.5 Å². The van der Waals surface area contributed by atoms with E-state index in [0.29, 0.717) is 28.5 Å². The van der Waals surface area contributed by atoms with Gasteiger partial charge in [-0.3, -0.25) is 9.48 Å². The lowest BCUT2D eigenvalue weighted by Gasteiger charge is -2.36. The molecule has 1 aliphatic heterocycles. The molecule has 0 bridgehead atoms. The quantitative estimate of drug-likeness (QED) is 0.739. The van der Waals surface area contributed by atoms with Crippen LogP contribution in [0.4, 0.5) is 0 Å². The second-order valence-corrected chi connectivity index (χ2v) is 6.91. The van der Waals surface area contributed by atoms with Gasteiger partial charge in [0, 0.05) is 34.5 Å². The van der Waals surface area contributed by atoms with Gasteiger partial charge in [0.2, 0.25) is 5.91 Å². The van der Waals surface area contributed by atoms with E-state index in [4.69, 9.17) is 23.2 Å². The maximum Gasteiger partial charge on any atom is 0.248 e. The highest BCUT2D eigenvalue weighted by atomic mass is 35.5. The largest absolute Gasteiger partial charge is 0.386 e. The van der Waals surface area contributed by atoms with Crippen LogP contribution in [0.3, 0.4) is 0 Å². The lowest BCUT2D eigenvalue weighted by Crippen LogP contribution is -2.55. The molecule has 1 aromatic heterocycles. The fraction of sp³-hybridized carbons (Fsp3) is 0.412. The molecule has 1 unspecified atom stereocenters. The van der Waals surface area contributed by atoms with Gasteiger partial charge in [0.15, 0.2) is 0 Å². The minimum absolute atomic E-state index is 0.0265. The van der Waals surface area contributed by atoms with E-state index in [1.165, 1.54) is 0 Å². The summed E-state index contributed by atoms with van der Waals surface area (Å²) in [5.74, 6) is -0.167. The van der Waals surface area contributed by atoms with Gasteiger partial charge in [-0.2, -0.15) is 5.10 Å². The van der Waals surface area contributed by atoms with E-state index >= 15 is 0 Å². The molecule has 1 fully saturated rings. The first-order valence-electron chi connectivity index (χ1n) is 8.16. The summed E-state index contributed by atoms with van der Waals surface area (Å²) in [6.45, 7) is 1.48. The number of nitrogens with one attached hydrogen (secondary N) is 2. The monoisotopic (exact) mass is 382 g/mol. The van der Waals surface area contributed by atoms with Crippen LogP contribution in [-0.4, -0.2) is 40.4 Å². The molecule has 25 heavy (non-hydrogen) atoms. The Kier molecular flexibility index (Phi) is 5.64. The maximum absolute atomic E-state index is 12.9. The van der Waals surface area contributed by atoms with E-state index in [2.05, 4.69) is 15.7 Å². The van der Waals surface area contributed by atoms with Crippen molar-refractivity contribution in [1.29, 1.82) is 0 Å². The molecule has 0 saturated carbocycles. The normalized spacial score (nSPS) is 17.9. The number of hydrogen-bond acceptors (Lipinski definition) is 4. The predicted octanol–water partition coefficient (Wildman–Crippen LogP) is 2.12. The van der Waals surface area contributed by atoms with Gasteiger partial charge in [-0.25, -0.2) is 0 Å². The van der Waals surface area contributed by atoms with E-state index < -0.39 is 11.6 Å². The van der Waals surface area contributed by atoms with Crippen molar-refractivity contribution in [2.75, 3.05) is 19.6 Å². The summed E-state index contributed by atoms with van der Waals surface area (Å²) in [4.78, 5) is 12.9. The van der Waals surface area contributed by atoms with Crippen molar-refractivity contribution in [3.63, 3.8) is 0 Å². The molecule has 1 amide bonds.